The predicted octanol–water partition coefficient (Wildman–Crippen LogP) is 2.51. The van der Waals surface area contributed by atoms with Crippen molar-refractivity contribution >= 4 is 18.0 Å². The summed E-state index contributed by atoms with van der Waals surface area (Å²) in [5.74, 6) is -0.146. The van der Waals surface area contributed by atoms with Gasteiger partial charge in [-0.15, -0.1) is 0 Å². The van der Waals surface area contributed by atoms with Crippen molar-refractivity contribution in [3.05, 3.63) is 35.9 Å². The van der Waals surface area contributed by atoms with Crippen molar-refractivity contribution in [3.63, 3.8) is 0 Å². The molecule has 2 atom stereocenters. The lowest BCUT2D eigenvalue weighted by Gasteiger charge is -2.41. The minimum Gasteiger partial charge on any atom is -0.444 e. The van der Waals surface area contributed by atoms with Gasteiger partial charge < -0.3 is 19.9 Å². The first kappa shape index (κ1) is 22.0. The van der Waals surface area contributed by atoms with E-state index >= 15 is 0 Å². The molecule has 33 heavy (non-hydrogen) atoms. The van der Waals surface area contributed by atoms with Gasteiger partial charge in [0.05, 0.1) is 12.1 Å². The summed E-state index contributed by atoms with van der Waals surface area (Å²) in [6.45, 7) is 7.16. The Hall–Kier alpha value is -2.81. The summed E-state index contributed by atoms with van der Waals surface area (Å²) in [4.78, 5) is 47.6. The lowest BCUT2D eigenvalue weighted by molar-refractivity contribution is -0.153. The maximum Gasteiger partial charge on any atom is 0.410 e. The van der Waals surface area contributed by atoms with Gasteiger partial charge in [-0.3, -0.25) is 9.63 Å². The Bertz CT molecular complexity index is 936. The van der Waals surface area contributed by atoms with Crippen molar-refractivity contribution in [2.45, 2.75) is 70.4 Å². The molecule has 9 nitrogen and oxygen atoms in total. The van der Waals surface area contributed by atoms with Gasteiger partial charge in [0.25, 0.3) is 0 Å². The van der Waals surface area contributed by atoms with Gasteiger partial charge >= 0.3 is 12.1 Å². The first-order valence-corrected chi connectivity index (χ1v) is 11.7. The van der Waals surface area contributed by atoms with Gasteiger partial charge in [0.15, 0.2) is 0 Å². The number of hydrogen-bond acceptors (Lipinski definition) is 5. The van der Waals surface area contributed by atoms with Gasteiger partial charge in [-0.25, -0.2) is 9.59 Å². The average molecular weight is 457 g/mol. The molecule has 4 fully saturated rings. The average Bonchev–Trinajstić information content (AvgIpc) is 3.43. The number of carbonyl (C=O) groups is 3. The second kappa shape index (κ2) is 7.90. The third kappa shape index (κ3) is 4.26. The van der Waals surface area contributed by atoms with E-state index in [4.69, 9.17) is 9.57 Å². The summed E-state index contributed by atoms with van der Waals surface area (Å²) >= 11 is 0. The van der Waals surface area contributed by atoms with E-state index in [1.807, 2.05) is 51.1 Å². The molecule has 9 heteroatoms. The highest BCUT2D eigenvalue weighted by Crippen LogP contribution is 2.59. The van der Waals surface area contributed by atoms with Gasteiger partial charge in [-0.2, -0.15) is 5.06 Å². The summed E-state index contributed by atoms with van der Waals surface area (Å²) in [7, 11) is 0. The lowest BCUT2D eigenvalue weighted by Crippen LogP contribution is -2.64. The zero-order chi connectivity index (χ0) is 23.4. The van der Waals surface area contributed by atoms with Crippen LogP contribution in [0, 0.1) is 5.41 Å². The summed E-state index contributed by atoms with van der Waals surface area (Å²) in [6, 6.07) is 8.90. The summed E-state index contributed by atoms with van der Waals surface area (Å²) in [6.07, 6.45) is 2.29. The smallest absolute Gasteiger partial charge is 0.410 e. The van der Waals surface area contributed by atoms with Crippen LogP contribution in [0.3, 0.4) is 0 Å². The number of fused-ring (bicyclic) bond motifs is 3. The Morgan fingerprint density at radius 1 is 1.12 bits per heavy atom. The Labute approximate surface area is 193 Å². The molecule has 3 aliphatic heterocycles. The molecule has 1 aliphatic carbocycles. The third-order valence-electron chi connectivity index (χ3n) is 7.06. The van der Waals surface area contributed by atoms with Crippen LogP contribution < -0.4 is 5.32 Å². The van der Waals surface area contributed by atoms with Crippen molar-refractivity contribution in [2.75, 3.05) is 19.6 Å². The second-order valence-electron chi connectivity index (χ2n) is 10.7. The molecule has 0 unspecified atom stereocenters. The number of carbonyl (C=O) groups excluding carboxylic acids is 3. The number of hydroxylamine groups is 2. The Morgan fingerprint density at radius 3 is 2.45 bits per heavy atom. The van der Waals surface area contributed by atoms with E-state index in [9.17, 15) is 14.4 Å². The van der Waals surface area contributed by atoms with E-state index in [1.54, 1.807) is 9.80 Å². The number of benzene rings is 1. The molecule has 3 heterocycles. The molecular formula is C24H32N4O5. The number of amides is 4. The Morgan fingerprint density at radius 2 is 1.82 bits per heavy atom. The molecule has 0 radical (unpaired) electrons. The lowest BCUT2D eigenvalue weighted by atomic mass is 9.85. The van der Waals surface area contributed by atoms with E-state index in [2.05, 4.69) is 5.32 Å². The molecule has 1 spiro atoms. The van der Waals surface area contributed by atoms with Gasteiger partial charge in [0, 0.05) is 19.6 Å². The monoisotopic (exact) mass is 456 g/mol. The molecule has 4 amide bonds. The molecule has 1 N–H and O–H groups in total. The minimum absolute atomic E-state index is 0.0101. The summed E-state index contributed by atoms with van der Waals surface area (Å²) < 4.78 is 5.37. The number of nitrogens with zero attached hydrogens (tertiary/aromatic N) is 3. The standard InChI is InChI=1S/C24H32N4O5/c1-23(2,3)33-22(31)26-12-17(13-26)25-20(29)18-11-24(9-10-24)19-14-27(18)21(30)28(19)32-15-16-7-5-4-6-8-16/h4-8,17-19H,9-15H2,1-3H3,(H,25,29)/t18-,19-/m0/s1. The van der Waals surface area contributed by atoms with E-state index in [-0.39, 0.29) is 35.5 Å². The zero-order valence-corrected chi connectivity index (χ0v) is 19.5. The van der Waals surface area contributed by atoms with Crippen molar-refractivity contribution in [3.8, 4) is 0 Å². The highest BCUT2D eigenvalue weighted by molar-refractivity contribution is 5.89. The molecule has 1 saturated carbocycles. The number of rotatable bonds is 5. The van der Waals surface area contributed by atoms with Crippen molar-refractivity contribution in [1.82, 2.24) is 20.2 Å². The zero-order valence-electron chi connectivity index (χ0n) is 19.5. The maximum atomic E-state index is 13.2. The normalized spacial score (nSPS) is 25.8. The highest BCUT2D eigenvalue weighted by atomic mass is 16.7. The van der Waals surface area contributed by atoms with Crippen LogP contribution in [0.1, 0.15) is 45.6 Å². The van der Waals surface area contributed by atoms with E-state index in [0.29, 0.717) is 32.7 Å². The van der Waals surface area contributed by atoms with Gasteiger partial charge in [-0.05, 0) is 51.0 Å². The van der Waals surface area contributed by atoms with Crippen LogP contribution in [0.25, 0.3) is 0 Å². The predicted molar refractivity (Wildman–Crippen MR) is 119 cm³/mol. The van der Waals surface area contributed by atoms with Crippen LogP contribution in [0.2, 0.25) is 0 Å². The van der Waals surface area contributed by atoms with E-state index in [1.165, 1.54) is 5.06 Å². The number of ether oxygens (including phenoxy) is 1. The molecule has 1 aromatic rings. The fraction of sp³-hybridized carbons (Fsp3) is 0.625. The number of hydrogen-bond donors (Lipinski definition) is 1. The number of urea groups is 1. The van der Waals surface area contributed by atoms with Gasteiger partial charge in [0.1, 0.15) is 18.2 Å². The number of piperidine rings is 1. The third-order valence-corrected chi connectivity index (χ3v) is 7.06. The fourth-order valence-electron chi connectivity index (χ4n) is 5.07. The van der Waals surface area contributed by atoms with E-state index < -0.39 is 11.6 Å². The number of likely N-dealkylation sites (tertiary alicyclic amines) is 1. The van der Waals surface area contributed by atoms with Gasteiger partial charge in [0.2, 0.25) is 5.91 Å². The molecule has 2 bridgehead atoms. The summed E-state index contributed by atoms with van der Waals surface area (Å²) in [5.41, 5.74) is 0.414. The van der Waals surface area contributed by atoms with Crippen LogP contribution in [0.4, 0.5) is 9.59 Å². The molecular weight excluding hydrogens is 424 g/mol. The first-order chi connectivity index (χ1) is 15.7. The fourth-order valence-corrected chi connectivity index (χ4v) is 5.07. The molecule has 1 aromatic carbocycles. The topological polar surface area (TPSA) is 91.4 Å². The summed E-state index contributed by atoms with van der Waals surface area (Å²) in [5, 5.41) is 4.55. The van der Waals surface area contributed by atoms with Crippen molar-refractivity contribution in [1.29, 1.82) is 0 Å². The van der Waals surface area contributed by atoms with Crippen LogP contribution in [0.5, 0.6) is 0 Å². The van der Waals surface area contributed by atoms with Crippen molar-refractivity contribution in [2.24, 2.45) is 5.41 Å². The highest BCUT2D eigenvalue weighted by Gasteiger charge is 2.64. The van der Waals surface area contributed by atoms with Crippen LogP contribution in [-0.4, -0.2) is 76.3 Å². The van der Waals surface area contributed by atoms with Crippen LogP contribution in [-0.2, 0) is 21.0 Å². The molecule has 4 aliphatic rings. The second-order valence-corrected chi connectivity index (χ2v) is 10.7. The Balaban J connectivity index is 1.18. The maximum absolute atomic E-state index is 13.2. The number of nitrogens with one attached hydrogen (secondary N) is 1. The Kier molecular flexibility index (Phi) is 5.27. The largest absolute Gasteiger partial charge is 0.444 e. The van der Waals surface area contributed by atoms with Crippen LogP contribution in [0.15, 0.2) is 30.3 Å². The quantitative estimate of drug-likeness (QED) is 0.735. The molecule has 5 rings (SSSR count). The minimum atomic E-state index is -0.548. The van der Waals surface area contributed by atoms with Crippen molar-refractivity contribution < 1.29 is 24.0 Å². The first-order valence-electron chi connectivity index (χ1n) is 11.7. The SMILES string of the molecule is CC(C)(C)OC(=O)N1CC(NC(=O)[C@@H]2CC3(CC3)[C@@H]3CN2C(=O)N3OCc2ccccc2)C1. The molecule has 0 aromatic heterocycles. The molecule has 178 valence electrons. The van der Waals surface area contributed by atoms with Gasteiger partial charge in [-0.1, -0.05) is 30.3 Å². The van der Waals surface area contributed by atoms with E-state index in [0.717, 1.165) is 18.4 Å². The molecule has 3 saturated heterocycles. The van der Waals surface area contributed by atoms with Crippen LogP contribution >= 0.6 is 0 Å².